The van der Waals surface area contributed by atoms with Gasteiger partial charge in [-0.2, -0.15) is 0 Å². The maximum absolute atomic E-state index is 12.6. The number of carbonyl (C=O) groups is 1. The van der Waals surface area contributed by atoms with Crippen molar-refractivity contribution in [3.8, 4) is 5.75 Å². The van der Waals surface area contributed by atoms with Crippen molar-refractivity contribution in [3.63, 3.8) is 0 Å². The number of fused-ring (bicyclic) bond motifs is 3. The lowest BCUT2D eigenvalue weighted by atomic mass is 10.0. The van der Waals surface area contributed by atoms with Gasteiger partial charge in [0.05, 0.1) is 31.4 Å². The number of aromatic nitrogens is 2. The largest absolute Gasteiger partial charge is 0.486 e. The monoisotopic (exact) mass is 428 g/mol. The molecule has 1 saturated heterocycles. The Morgan fingerprint density at radius 1 is 1.34 bits per heavy atom. The van der Waals surface area contributed by atoms with Crippen molar-refractivity contribution in [1.29, 1.82) is 0 Å². The van der Waals surface area contributed by atoms with Crippen molar-refractivity contribution in [2.24, 2.45) is 0 Å². The van der Waals surface area contributed by atoms with E-state index in [2.05, 4.69) is 15.3 Å². The van der Waals surface area contributed by atoms with E-state index in [1.165, 1.54) is 13.8 Å². The molecule has 29 heavy (non-hydrogen) atoms. The zero-order chi connectivity index (χ0) is 21.6. The fourth-order valence-electron chi connectivity index (χ4n) is 3.34. The van der Waals surface area contributed by atoms with Crippen LogP contribution in [0.5, 0.6) is 5.75 Å². The van der Waals surface area contributed by atoms with Crippen LogP contribution in [0.4, 0.5) is 5.82 Å². The molecule has 2 aliphatic heterocycles. The van der Waals surface area contributed by atoms with Crippen LogP contribution < -0.4 is 15.0 Å². The molecule has 1 fully saturated rings. The molecule has 0 bridgehead atoms. The number of sulfone groups is 1. The van der Waals surface area contributed by atoms with Gasteiger partial charge in [-0.15, -0.1) is 0 Å². The van der Waals surface area contributed by atoms with Gasteiger partial charge < -0.3 is 24.8 Å². The third-order valence-corrected chi connectivity index (χ3v) is 7.36. The summed E-state index contributed by atoms with van der Waals surface area (Å²) in [5, 5.41) is 12.0. The number of carbonyl (C=O) groups excluding carboxylic acids is 1. The van der Waals surface area contributed by atoms with Crippen molar-refractivity contribution in [2.45, 2.75) is 50.6 Å². The highest BCUT2D eigenvalue weighted by atomic mass is 32.2. The Morgan fingerprint density at radius 2 is 2.03 bits per heavy atom. The highest BCUT2D eigenvalue weighted by molar-refractivity contribution is 7.91. The molecule has 0 radical (unpaired) electrons. The van der Waals surface area contributed by atoms with Crippen molar-refractivity contribution in [1.82, 2.24) is 15.3 Å². The number of hydrogen-bond donors (Lipinski definition) is 2. The molecule has 10 nitrogen and oxygen atoms in total. The number of aliphatic hydroxyl groups excluding tert-OH is 1. The number of rotatable bonds is 5. The van der Waals surface area contributed by atoms with E-state index in [1.54, 1.807) is 6.92 Å². The summed E-state index contributed by atoms with van der Waals surface area (Å²) in [5.74, 6) is -0.0974. The molecule has 2 aliphatic rings. The van der Waals surface area contributed by atoms with Crippen molar-refractivity contribution < 1.29 is 27.8 Å². The molecule has 1 aromatic rings. The Labute approximate surface area is 170 Å². The van der Waals surface area contributed by atoms with Gasteiger partial charge >= 0.3 is 0 Å². The first-order chi connectivity index (χ1) is 13.4. The van der Waals surface area contributed by atoms with Gasteiger partial charge in [0.15, 0.2) is 21.4 Å². The summed E-state index contributed by atoms with van der Waals surface area (Å²) in [4.78, 5) is 23.4. The average Bonchev–Trinajstić information content (AvgIpc) is 2.63. The first-order valence-corrected chi connectivity index (χ1v) is 11.4. The van der Waals surface area contributed by atoms with Crippen LogP contribution in [0.3, 0.4) is 0 Å². The second-order valence-electron chi connectivity index (χ2n) is 8.15. The number of amides is 1. The first-order valence-electron chi connectivity index (χ1n) is 9.50. The molecule has 3 atom stereocenters. The summed E-state index contributed by atoms with van der Waals surface area (Å²) in [6.45, 7) is 7.83. The second kappa shape index (κ2) is 7.69. The van der Waals surface area contributed by atoms with Crippen molar-refractivity contribution >= 4 is 21.6 Å². The van der Waals surface area contributed by atoms with Gasteiger partial charge in [-0.3, -0.25) is 4.79 Å². The predicted octanol–water partition coefficient (Wildman–Crippen LogP) is -0.147. The zero-order valence-electron chi connectivity index (χ0n) is 17.3. The first kappa shape index (κ1) is 21.7. The van der Waals surface area contributed by atoms with Gasteiger partial charge in [0.25, 0.3) is 5.91 Å². The van der Waals surface area contributed by atoms with E-state index in [4.69, 9.17) is 9.47 Å². The molecule has 1 aromatic heterocycles. The molecular weight excluding hydrogens is 400 g/mol. The fraction of sp³-hybridized carbons (Fsp3) is 0.722. The van der Waals surface area contributed by atoms with Crippen LogP contribution in [-0.4, -0.2) is 80.2 Å². The molecule has 2 N–H and O–H groups in total. The summed E-state index contributed by atoms with van der Waals surface area (Å²) >= 11 is 0. The van der Waals surface area contributed by atoms with Gasteiger partial charge in [-0.25, -0.2) is 18.4 Å². The van der Waals surface area contributed by atoms with Crippen LogP contribution in [0.25, 0.3) is 0 Å². The molecule has 1 amide bonds. The number of morpholine rings is 1. The van der Waals surface area contributed by atoms with Crippen LogP contribution in [0.1, 0.15) is 44.0 Å². The van der Waals surface area contributed by atoms with E-state index in [0.29, 0.717) is 25.6 Å². The third-order valence-electron chi connectivity index (χ3n) is 5.31. The standard InChI is InChI=1S/C18H28N4O6S/c1-10-7-27-8-12-9-28-13-14(18(3,4)29(5,25)26)20-15(21-16(13)22(10)12)17(24)19-6-11(2)23/h10-12,23H,6-9H2,1-5H3,(H,19,24)/t10?,11-,12?/m0/s1. The number of aliphatic hydroxyl groups is 1. The van der Waals surface area contributed by atoms with Gasteiger partial charge in [0, 0.05) is 12.8 Å². The topological polar surface area (TPSA) is 131 Å². The quantitative estimate of drug-likeness (QED) is 0.657. The number of anilines is 1. The van der Waals surface area contributed by atoms with E-state index < -0.39 is 26.6 Å². The summed E-state index contributed by atoms with van der Waals surface area (Å²) in [5.41, 5.74) is 0.143. The van der Waals surface area contributed by atoms with Crippen molar-refractivity contribution in [2.75, 3.05) is 37.5 Å². The third kappa shape index (κ3) is 4.03. The normalized spacial score (nSPS) is 22.9. The molecule has 3 rings (SSSR count). The second-order valence-corrected chi connectivity index (χ2v) is 10.7. The Morgan fingerprint density at radius 3 is 2.66 bits per heavy atom. The molecule has 0 saturated carbocycles. The van der Waals surface area contributed by atoms with Crippen molar-refractivity contribution in [3.05, 3.63) is 11.5 Å². The SMILES string of the molecule is CC1COCC2COc3c(nc(C(=O)NC[C@H](C)O)nc3C(C)(C)S(C)(=O)=O)N12. The van der Waals surface area contributed by atoms with E-state index in [0.717, 1.165) is 6.26 Å². The molecule has 3 heterocycles. The van der Waals surface area contributed by atoms with E-state index >= 15 is 0 Å². The summed E-state index contributed by atoms with van der Waals surface area (Å²) in [7, 11) is -3.59. The minimum atomic E-state index is -3.59. The fourth-order valence-corrected chi connectivity index (χ4v) is 3.83. The lowest BCUT2D eigenvalue weighted by molar-refractivity contribution is 0.0481. The molecule has 2 unspecified atom stereocenters. The summed E-state index contributed by atoms with van der Waals surface area (Å²) in [6, 6.07) is -0.127. The average molecular weight is 429 g/mol. The van der Waals surface area contributed by atoms with E-state index in [-0.39, 0.29) is 35.9 Å². The molecule has 0 spiro atoms. The lowest BCUT2D eigenvalue weighted by Crippen LogP contribution is -2.56. The van der Waals surface area contributed by atoms with Crippen LogP contribution in [0, 0.1) is 0 Å². The van der Waals surface area contributed by atoms with Gasteiger partial charge in [0.1, 0.15) is 17.0 Å². The van der Waals surface area contributed by atoms with E-state index in [9.17, 15) is 18.3 Å². The summed E-state index contributed by atoms with van der Waals surface area (Å²) in [6.07, 6.45) is 0.382. The Balaban J connectivity index is 2.17. The highest BCUT2D eigenvalue weighted by Crippen LogP contribution is 2.43. The minimum absolute atomic E-state index is 0.0250. The van der Waals surface area contributed by atoms with Gasteiger partial charge in [0.2, 0.25) is 5.82 Å². The van der Waals surface area contributed by atoms with E-state index in [1.807, 2.05) is 11.8 Å². The van der Waals surface area contributed by atoms with Gasteiger partial charge in [-0.05, 0) is 27.7 Å². The summed E-state index contributed by atoms with van der Waals surface area (Å²) < 4.78 is 35.1. The maximum Gasteiger partial charge on any atom is 0.289 e. The number of hydrogen-bond acceptors (Lipinski definition) is 9. The predicted molar refractivity (Wildman–Crippen MR) is 106 cm³/mol. The Bertz CT molecular complexity index is 902. The number of ether oxygens (including phenoxy) is 2. The van der Waals surface area contributed by atoms with Gasteiger partial charge in [-0.1, -0.05) is 0 Å². The molecule has 0 aliphatic carbocycles. The minimum Gasteiger partial charge on any atom is -0.486 e. The van der Waals surface area contributed by atoms with Crippen LogP contribution >= 0.6 is 0 Å². The van der Waals surface area contributed by atoms with Crippen LogP contribution in [-0.2, 0) is 19.3 Å². The smallest absolute Gasteiger partial charge is 0.289 e. The number of nitrogens with zero attached hydrogens (tertiary/aromatic N) is 3. The molecule has 11 heteroatoms. The molecule has 162 valence electrons. The van der Waals surface area contributed by atoms with Crippen LogP contribution in [0.2, 0.25) is 0 Å². The molecule has 0 aromatic carbocycles. The zero-order valence-corrected chi connectivity index (χ0v) is 18.1. The molecular formula is C18H28N4O6S. The Kier molecular flexibility index (Phi) is 5.76. The maximum atomic E-state index is 12.6. The van der Waals surface area contributed by atoms with Crippen LogP contribution in [0.15, 0.2) is 0 Å². The highest BCUT2D eigenvalue weighted by Gasteiger charge is 2.44. The number of nitrogens with one attached hydrogen (secondary N) is 1. The lowest BCUT2D eigenvalue weighted by Gasteiger charge is -2.45. The Hall–Kier alpha value is -1.98.